The summed E-state index contributed by atoms with van der Waals surface area (Å²) < 4.78 is 1.48. The molecule has 8 nitrogen and oxygen atoms in total. The van der Waals surface area contributed by atoms with Crippen LogP contribution in [0.3, 0.4) is 0 Å². The number of carboxylic acids is 1. The maximum atomic E-state index is 12.5. The van der Waals surface area contributed by atoms with Gasteiger partial charge in [0.2, 0.25) is 0 Å². The number of nitrogens with zero attached hydrogens (tertiary/aromatic N) is 4. The van der Waals surface area contributed by atoms with Gasteiger partial charge in [-0.15, -0.1) is 5.10 Å². The summed E-state index contributed by atoms with van der Waals surface area (Å²) in [6.07, 6.45) is 3.96. The van der Waals surface area contributed by atoms with Gasteiger partial charge >= 0.3 is 5.97 Å². The van der Waals surface area contributed by atoms with Crippen LogP contribution in [-0.2, 0) is 4.79 Å². The summed E-state index contributed by atoms with van der Waals surface area (Å²) in [6.45, 7) is 2.10. The molecule has 0 aliphatic heterocycles. The SMILES string of the molecule is CC1CCC(NC(=O)c2ccc(-n3cnnn3)cc2)(C(=O)O)CC1. The van der Waals surface area contributed by atoms with Crippen LogP contribution in [-0.4, -0.2) is 42.7 Å². The van der Waals surface area contributed by atoms with Gasteiger partial charge in [0.25, 0.3) is 5.91 Å². The van der Waals surface area contributed by atoms with Crippen molar-refractivity contribution in [1.29, 1.82) is 0 Å². The summed E-state index contributed by atoms with van der Waals surface area (Å²) >= 11 is 0. The van der Waals surface area contributed by atoms with Crippen molar-refractivity contribution in [3.8, 4) is 5.69 Å². The quantitative estimate of drug-likeness (QED) is 0.878. The lowest BCUT2D eigenvalue weighted by molar-refractivity contribution is -0.146. The van der Waals surface area contributed by atoms with Crippen molar-refractivity contribution >= 4 is 11.9 Å². The van der Waals surface area contributed by atoms with Crippen molar-refractivity contribution in [2.75, 3.05) is 0 Å². The number of carbonyl (C=O) groups is 2. The van der Waals surface area contributed by atoms with Gasteiger partial charge in [0, 0.05) is 5.56 Å². The Morgan fingerprint density at radius 2 is 1.92 bits per heavy atom. The molecular formula is C16H19N5O3. The predicted octanol–water partition coefficient (Wildman–Crippen LogP) is 1.43. The van der Waals surface area contributed by atoms with Crippen LogP contribution in [0.5, 0.6) is 0 Å². The Hall–Kier alpha value is -2.77. The second kappa shape index (κ2) is 6.38. The van der Waals surface area contributed by atoms with E-state index in [-0.39, 0.29) is 5.91 Å². The van der Waals surface area contributed by atoms with Crippen LogP contribution in [0.1, 0.15) is 43.0 Å². The van der Waals surface area contributed by atoms with Crippen LogP contribution in [0.15, 0.2) is 30.6 Å². The summed E-state index contributed by atoms with van der Waals surface area (Å²) in [6, 6.07) is 6.68. The van der Waals surface area contributed by atoms with Crippen LogP contribution >= 0.6 is 0 Å². The Bertz CT molecular complexity index is 719. The molecule has 126 valence electrons. The Kier molecular flexibility index (Phi) is 4.28. The molecule has 0 spiro atoms. The van der Waals surface area contributed by atoms with Crippen LogP contribution in [0, 0.1) is 5.92 Å². The highest BCUT2D eigenvalue weighted by atomic mass is 16.4. The second-order valence-corrected chi connectivity index (χ2v) is 6.33. The molecule has 1 aliphatic carbocycles. The molecule has 1 aromatic heterocycles. The minimum atomic E-state index is -1.17. The van der Waals surface area contributed by atoms with Gasteiger partial charge < -0.3 is 10.4 Å². The van der Waals surface area contributed by atoms with E-state index in [0.717, 1.165) is 18.5 Å². The standard InChI is InChI=1S/C16H19N5O3/c1-11-6-8-16(9-7-11,15(23)24)18-14(22)12-2-4-13(5-3-12)21-10-17-19-20-21/h2-5,10-11H,6-9H2,1H3,(H,18,22)(H,23,24). The number of carbonyl (C=O) groups excluding carboxylic acids is 1. The lowest BCUT2D eigenvalue weighted by Crippen LogP contribution is -2.56. The van der Waals surface area contributed by atoms with Gasteiger partial charge in [-0.25, -0.2) is 9.48 Å². The van der Waals surface area contributed by atoms with Crippen molar-refractivity contribution in [2.24, 2.45) is 5.92 Å². The molecule has 1 amide bonds. The minimum Gasteiger partial charge on any atom is -0.480 e. The predicted molar refractivity (Wildman–Crippen MR) is 84.6 cm³/mol. The molecule has 2 N–H and O–H groups in total. The average Bonchev–Trinajstić information content (AvgIpc) is 3.11. The molecule has 1 saturated carbocycles. The Morgan fingerprint density at radius 1 is 1.25 bits per heavy atom. The third kappa shape index (κ3) is 3.12. The first-order valence-corrected chi connectivity index (χ1v) is 7.89. The minimum absolute atomic E-state index is 0.379. The maximum absolute atomic E-state index is 12.5. The lowest BCUT2D eigenvalue weighted by Gasteiger charge is -2.36. The zero-order chi connectivity index (χ0) is 17.2. The number of hydrogen-bond donors (Lipinski definition) is 2. The van der Waals surface area contributed by atoms with Crippen molar-refractivity contribution < 1.29 is 14.7 Å². The van der Waals surface area contributed by atoms with Gasteiger partial charge in [0.1, 0.15) is 11.9 Å². The zero-order valence-corrected chi connectivity index (χ0v) is 13.3. The van der Waals surface area contributed by atoms with Gasteiger partial charge in [0.15, 0.2) is 0 Å². The van der Waals surface area contributed by atoms with Gasteiger partial charge in [-0.05, 0) is 66.3 Å². The number of hydrogen-bond acceptors (Lipinski definition) is 5. The fourth-order valence-corrected chi connectivity index (χ4v) is 2.98. The molecular weight excluding hydrogens is 310 g/mol. The number of carboxylic acid groups (broad SMARTS) is 1. The second-order valence-electron chi connectivity index (χ2n) is 6.33. The average molecular weight is 329 g/mol. The van der Waals surface area contributed by atoms with Gasteiger partial charge in [-0.2, -0.15) is 0 Å². The van der Waals surface area contributed by atoms with Crippen LogP contribution in [0.4, 0.5) is 0 Å². The normalized spacial score (nSPS) is 23.6. The molecule has 8 heteroatoms. The largest absolute Gasteiger partial charge is 0.480 e. The third-order valence-corrected chi connectivity index (χ3v) is 4.63. The number of nitrogens with one attached hydrogen (secondary N) is 1. The zero-order valence-electron chi connectivity index (χ0n) is 13.3. The third-order valence-electron chi connectivity index (χ3n) is 4.63. The van der Waals surface area contributed by atoms with E-state index in [2.05, 4.69) is 27.8 Å². The summed E-state index contributed by atoms with van der Waals surface area (Å²) in [7, 11) is 0. The molecule has 1 aliphatic rings. The van der Waals surface area contributed by atoms with Gasteiger partial charge in [-0.1, -0.05) is 6.92 Å². The van der Waals surface area contributed by atoms with Crippen molar-refractivity contribution in [1.82, 2.24) is 25.5 Å². The first-order chi connectivity index (χ1) is 11.5. The molecule has 1 heterocycles. The molecule has 0 radical (unpaired) electrons. The van der Waals surface area contributed by atoms with Crippen LogP contribution in [0.25, 0.3) is 5.69 Å². The highest BCUT2D eigenvalue weighted by Gasteiger charge is 2.42. The fourth-order valence-electron chi connectivity index (χ4n) is 2.98. The number of aliphatic carboxylic acids is 1. The Balaban J connectivity index is 1.75. The van der Waals surface area contributed by atoms with E-state index in [0.29, 0.717) is 24.3 Å². The first-order valence-electron chi connectivity index (χ1n) is 7.89. The van der Waals surface area contributed by atoms with Gasteiger partial charge in [-0.3, -0.25) is 4.79 Å². The molecule has 2 aromatic rings. The highest BCUT2D eigenvalue weighted by molar-refractivity contribution is 5.98. The summed E-state index contributed by atoms with van der Waals surface area (Å²) in [5, 5.41) is 23.2. The van der Waals surface area contributed by atoms with Crippen LogP contribution < -0.4 is 5.32 Å². The van der Waals surface area contributed by atoms with E-state index < -0.39 is 11.5 Å². The lowest BCUT2D eigenvalue weighted by atomic mass is 9.77. The summed E-state index contributed by atoms with van der Waals surface area (Å²) in [5.74, 6) is -0.853. The van der Waals surface area contributed by atoms with E-state index in [1.165, 1.54) is 11.0 Å². The molecule has 3 rings (SSSR count). The summed E-state index contributed by atoms with van der Waals surface area (Å²) in [4.78, 5) is 24.2. The van der Waals surface area contributed by atoms with E-state index in [9.17, 15) is 14.7 Å². The number of benzene rings is 1. The van der Waals surface area contributed by atoms with E-state index in [1.807, 2.05) is 0 Å². The first kappa shape index (κ1) is 16.1. The number of aromatic nitrogens is 4. The molecule has 1 aromatic carbocycles. The molecule has 24 heavy (non-hydrogen) atoms. The van der Waals surface area contributed by atoms with Gasteiger partial charge in [0.05, 0.1) is 5.69 Å². The molecule has 1 fully saturated rings. The Labute approximate surface area is 138 Å². The van der Waals surface area contributed by atoms with Crippen molar-refractivity contribution in [3.63, 3.8) is 0 Å². The van der Waals surface area contributed by atoms with E-state index >= 15 is 0 Å². The number of tetrazole rings is 1. The fraction of sp³-hybridized carbons (Fsp3) is 0.438. The smallest absolute Gasteiger partial charge is 0.329 e. The molecule has 0 saturated heterocycles. The summed E-state index contributed by atoms with van der Waals surface area (Å²) in [5.41, 5.74) is -0.0417. The maximum Gasteiger partial charge on any atom is 0.329 e. The van der Waals surface area contributed by atoms with Crippen molar-refractivity contribution in [2.45, 2.75) is 38.1 Å². The van der Waals surface area contributed by atoms with Crippen molar-refractivity contribution in [3.05, 3.63) is 36.2 Å². The molecule has 0 bridgehead atoms. The molecule has 0 atom stereocenters. The molecule has 0 unspecified atom stereocenters. The van der Waals surface area contributed by atoms with E-state index in [4.69, 9.17) is 0 Å². The van der Waals surface area contributed by atoms with E-state index in [1.54, 1.807) is 24.3 Å². The monoisotopic (exact) mass is 329 g/mol. The Morgan fingerprint density at radius 3 is 2.46 bits per heavy atom. The topological polar surface area (TPSA) is 110 Å². The van der Waals surface area contributed by atoms with Crippen LogP contribution in [0.2, 0.25) is 0 Å². The highest BCUT2D eigenvalue weighted by Crippen LogP contribution is 2.32. The number of rotatable bonds is 4. The number of amides is 1.